The van der Waals surface area contributed by atoms with E-state index in [4.69, 9.17) is 11.6 Å². The Labute approximate surface area is 142 Å². The lowest BCUT2D eigenvalue weighted by atomic mass is 10.0. The second-order valence-corrected chi connectivity index (χ2v) is 5.82. The molecule has 2 aromatic heterocycles. The molecule has 0 saturated carbocycles. The van der Waals surface area contributed by atoms with Gasteiger partial charge in [-0.15, -0.1) is 10.2 Å². The van der Waals surface area contributed by atoms with Crippen molar-refractivity contribution < 1.29 is 0 Å². The number of pyridine rings is 1. The van der Waals surface area contributed by atoms with Crippen LogP contribution in [0.5, 0.6) is 0 Å². The van der Waals surface area contributed by atoms with Crippen molar-refractivity contribution in [3.8, 4) is 5.69 Å². The summed E-state index contributed by atoms with van der Waals surface area (Å²) in [5.41, 5.74) is 2.94. The zero-order valence-electron chi connectivity index (χ0n) is 12.8. The van der Waals surface area contributed by atoms with E-state index in [0.29, 0.717) is 33.6 Å². The highest BCUT2D eigenvalue weighted by atomic mass is 35.5. The SMILES string of the molecule is Cc1nnc2n(c1=O)-c1ccc(Cl)cc1C(c1ccccn1)=NC2. The van der Waals surface area contributed by atoms with Crippen LogP contribution in [0.3, 0.4) is 0 Å². The largest absolute Gasteiger partial charge is 0.279 e. The molecule has 0 aliphatic carbocycles. The second kappa shape index (κ2) is 5.65. The van der Waals surface area contributed by atoms with Crippen LogP contribution < -0.4 is 5.56 Å². The maximum Gasteiger partial charge on any atom is 0.279 e. The predicted octanol–water partition coefficient (Wildman–Crippen LogP) is 2.34. The number of fused-ring (bicyclic) bond motifs is 3. The molecule has 24 heavy (non-hydrogen) atoms. The Morgan fingerprint density at radius 1 is 1.17 bits per heavy atom. The number of aryl methyl sites for hydroxylation is 1. The van der Waals surface area contributed by atoms with Crippen LogP contribution in [0.1, 0.15) is 22.8 Å². The molecular formula is C17H12ClN5O. The molecule has 1 aliphatic rings. The fourth-order valence-corrected chi connectivity index (χ4v) is 2.87. The zero-order valence-corrected chi connectivity index (χ0v) is 13.5. The molecule has 6 nitrogen and oxygen atoms in total. The van der Waals surface area contributed by atoms with Gasteiger partial charge in [-0.3, -0.25) is 19.3 Å². The molecule has 4 rings (SSSR count). The summed E-state index contributed by atoms with van der Waals surface area (Å²) in [7, 11) is 0. The Hall–Kier alpha value is -2.86. The van der Waals surface area contributed by atoms with Crippen LogP contribution >= 0.6 is 11.6 Å². The van der Waals surface area contributed by atoms with Crippen LogP contribution in [0.4, 0.5) is 0 Å². The summed E-state index contributed by atoms with van der Waals surface area (Å²) in [5.74, 6) is 0.486. The van der Waals surface area contributed by atoms with Gasteiger partial charge >= 0.3 is 0 Å². The standard InChI is InChI=1S/C17H12ClN5O/c1-10-17(24)23-14-6-5-11(18)8-12(14)16(13-4-2-3-7-19-13)20-9-15(23)22-21-10/h2-8H,9H2,1H3. The van der Waals surface area contributed by atoms with E-state index in [9.17, 15) is 4.79 Å². The summed E-state index contributed by atoms with van der Waals surface area (Å²) in [6, 6.07) is 10.9. The van der Waals surface area contributed by atoms with Crippen LogP contribution in [0, 0.1) is 6.92 Å². The highest BCUT2D eigenvalue weighted by molar-refractivity contribution is 6.31. The van der Waals surface area contributed by atoms with E-state index in [1.807, 2.05) is 18.2 Å². The van der Waals surface area contributed by atoms with E-state index in [1.165, 1.54) is 0 Å². The van der Waals surface area contributed by atoms with E-state index in [1.54, 1.807) is 35.9 Å². The number of nitrogens with zero attached hydrogens (tertiary/aromatic N) is 5. The summed E-state index contributed by atoms with van der Waals surface area (Å²) in [4.78, 5) is 21.6. The smallest absolute Gasteiger partial charge is 0.274 e. The predicted molar refractivity (Wildman–Crippen MR) is 91.0 cm³/mol. The molecule has 3 heterocycles. The van der Waals surface area contributed by atoms with Gasteiger partial charge in [0.1, 0.15) is 12.2 Å². The van der Waals surface area contributed by atoms with Gasteiger partial charge in [-0.25, -0.2) is 0 Å². The van der Waals surface area contributed by atoms with Crippen LogP contribution in [0.25, 0.3) is 5.69 Å². The second-order valence-electron chi connectivity index (χ2n) is 5.38. The van der Waals surface area contributed by atoms with Gasteiger partial charge in [0.15, 0.2) is 5.82 Å². The molecule has 0 fully saturated rings. The monoisotopic (exact) mass is 337 g/mol. The lowest BCUT2D eigenvalue weighted by molar-refractivity contribution is 0.731. The lowest BCUT2D eigenvalue weighted by Gasteiger charge is -2.13. The third-order valence-corrected chi connectivity index (χ3v) is 4.06. The molecule has 0 bridgehead atoms. The number of rotatable bonds is 1. The molecule has 3 aromatic rings. The van der Waals surface area contributed by atoms with Crippen molar-refractivity contribution in [1.29, 1.82) is 0 Å². The quantitative estimate of drug-likeness (QED) is 0.683. The van der Waals surface area contributed by atoms with Crippen molar-refractivity contribution in [2.24, 2.45) is 4.99 Å². The first kappa shape index (κ1) is 14.7. The third kappa shape index (κ3) is 2.32. The van der Waals surface area contributed by atoms with Crippen LogP contribution in [0.2, 0.25) is 5.02 Å². The molecule has 7 heteroatoms. The molecule has 0 N–H and O–H groups in total. The van der Waals surface area contributed by atoms with Crippen molar-refractivity contribution in [3.63, 3.8) is 0 Å². The minimum atomic E-state index is -0.207. The summed E-state index contributed by atoms with van der Waals surface area (Å²) in [6.07, 6.45) is 1.70. The molecular weight excluding hydrogens is 326 g/mol. The molecule has 0 spiro atoms. The van der Waals surface area contributed by atoms with E-state index in [2.05, 4.69) is 20.2 Å². The molecule has 0 amide bonds. The first-order valence-electron chi connectivity index (χ1n) is 7.36. The van der Waals surface area contributed by atoms with Gasteiger partial charge in [0.2, 0.25) is 0 Å². The zero-order chi connectivity index (χ0) is 16.7. The Morgan fingerprint density at radius 2 is 2.04 bits per heavy atom. The average molecular weight is 338 g/mol. The molecule has 1 aromatic carbocycles. The van der Waals surface area contributed by atoms with Gasteiger partial charge < -0.3 is 0 Å². The molecule has 0 radical (unpaired) electrons. The van der Waals surface area contributed by atoms with Crippen molar-refractivity contribution >= 4 is 17.3 Å². The molecule has 0 saturated heterocycles. The van der Waals surface area contributed by atoms with Crippen LogP contribution in [0.15, 0.2) is 52.4 Å². The summed E-state index contributed by atoms with van der Waals surface area (Å²) in [6.45, 7) is 1.88. The van der Waals surface area contributed by atoms with E-state index in [0.717, 1.165) is 5.56 Å². The maximum atomic E-state index is 12.6. The van der Waals surface area contributed by atoms with Gasteiger partial charge in [0.25, 0.3) is 5.56 Å². The first-order chi connectivity index (χ1) is 11.6. The minimum Gasteiger partial charge on any atom is -0.274 e. The number of aliphatic imine (C=N–C) groups is 1. The molecule has 0 atom stereocenters. The van der Waals surface area contributed by atoms with Crippen molar-refractivity contribution in [3.05, 3.63) is 80.7 Å². The highest BCUT2D eigenvalue weighted by Gasteiger charge is 2.22. The number of hydrogen-bond donors (Lipinski definition) is 0. The number of halogens is 1. The minimum absolute atomic E-state index is 0.207. The van der Waals surface area contributed by atoms with Crippen molar-refractivity contribution in [2.75, 3.05) is 0 Å². The van der Waals surface area contributed by atoms with Gasteiger partial charge in [-0.1, -0.05) is 17.7 Å². The first-order valence-corrected chi connectivity index (χ1v) is 7.74. The molecule has 118 valence electrons. The van der Waals surface area contributed by atoms with Crippen molar-refractivity contribution in [2.45, 2.75) is 13.5 Å². The molecule has 0 unspecified atom stereocenters. The number of benzene rings is 1. The van der Waals surface area contributed by atoms with Gasteiger partial charge in [-0.2, -0.15) is 0 Å². The maximum absolute atomic E-state index is 12.6. The van der Waals surface area contributed by atoms with E-state index in [-0.39, 0.29) is 12.1 Å². The summed E-state index contributed by atoms with van der Waals surface area (Å²) < 4.78 is 1.55. The van der Waals surface area contributed by atoms with Gasteiger partial charge in [0, 0.05) is 16.8 Å². The van der Waals surface area contributed by atoms with Gasteiger partial charge in [0.05, 0.1) is 17.1 Å². The Kier molecular flexibility index (Phi) is 3.46. The average Bonchev–Trinajstić information content (AvgIpc) is 2.76. The fourth-order valence-electron chi connectivity index (χ4n) is 2.70. The summed E-state index contributed by atoms with van der Waals surface area (Å²) in [5, 5.41) is 8.63. The van der Waals surface area contributed by atoms with Crippen LogP contribution in [-0.4, -0.2) is 25.5 Å². The Balaban J connectivity index is 2.06. The number of aromatic nitrogens is 4. The highest BCUT2D eigenvalue weighted by Crippen LogP contribution is 2.25. The normalized spacial score (nSPS) is 12.8. The van der Waals surface area contributed by atoms with E-state index >= 15 is 0 Å². The Morgan fingerprint density at radius 3 is 2.83 bits per heavy atom. The van der Waals surface area contributed by atoms with Gasteiger partial charge in [-0.05, 0) is 37.3 Å². The topological polar surface area (TPSA) is 73.0 Å². The van der Waals surface area contributed by atoms with Crippen LogP contribution in [-0.2, 0) is 6.54 Å². The van der Waals surface area contributed by atoms with E-state index < -0.39 is 0 Å². The fraction of sp³-hybridized carbons (Fsp3) is 0.118. The van der Waals surface area contributed by atoms with Crippen molar-refractivity contribution in [1.82, 2.24) is 19.7 Å². The lowest BCUT2D eigenvalue weighted by Crippen LogP contribution is -2.27. The third-order valence-electron chi connectivity index (χ3n) is 3.83. The Bertz CT molecular complexity index is 1030. The number of hydrogen-bond acceptors (Lipinski definition) is 5. The summed E-state index contributed by atoms with van der Waals surface area (Å²) >= 11 is 6.19. The molecule has 1 aliphatic heterocycles.